The van der Waals surface area contributed by atoms with Crippen LogP contribution in [0.2, 0.25) is 0 Å². The summed E-state index contributed by atoms with van der Waals surface area (Å²) in [6.45, 7) is 4.41. The molecule has 2 aromatic carbocycles. The minimum atomic E-state index is -0.722. The molecule has 0 saturated heterocycles. The molecule has 0 heterocycles. The van der Waals surface area contributed by atoms with Gasteiger partial charge in [0.1, 0.15) is 6.04 Å². The van der Waals surface area contributed by atoms with E-state index < -0.39 is 6.04 Å². The predicted octanol–water partition coefficient (Wildman–Crippen LogP) is 2.91. The smallest absolute Gasteiger partial charge is 0.247 e. The zero-order valence-electron chi connectivity index (χ0n) is 16.0. The van der Waals surface area contributed by atoms with E-state index in [4.69, 9.17) is 5.11 Å². The Kier molecular flexibility index (Phi) is 8.01. The van der Waals surface area contributed by atoms with Gasteiger partial charge in [-0.1, -0.05) is 74.5 Å². The zero-order chi connectivity index (χ0) is 19.6. The molecule has 0 aliphatic rings. The summed E-state index contributed by atoms with van der Waals surface area (Å²) in [5.41, 5.74) is 1.74. The minimum absolute atomic E-state index is 0.00887. The molecule has 2 N–H and O–H groups in total. The largest absolute Gasteiger partial charge is 0.396 e. The molecular formula is C22H28N2O3. The van der Waals surface area contributed by atoms with Gasteiger partial charge in [0, 0.05) is 25.6 Å². The monoisotopic (exact) mass is 368 g/mol. The van der Waals surface area contributed by atoms with Gasteiger partial charge < -0.3 is 15.3 Å². The van der Waals surface area contributed by atoms with Crippen molar-refractivity contribution in [1.29, 1.82) is 0 Å². The number of hydrogen-bond donors (Lipinski definition) is 2. The van der Waals surface area contributed by atoms with Gasteiger partial charge in [0.05, 0.1) is 0 Å². The summed E-state index contributed by atoms with van der Waals surface area (Å²) in [7, 11) is 0. The number of hydrogen-bond acceptors (Lipinski definition) is 3. The van der Waals surface area contributed by atoms with E-state index in [1.807, 2.05) is 74.5 Å². The van der Waals surface area contributed by atoms with Crippen molar-refractivity contribution < 1.29 is 14.7 Å². The number of nitrogens with one attached hydrogen (secondary N) is 1. The van der Waals surface area contributed by atoms with Crippen molar-refractivity contribution in [3.8, 4) is 0 Å². The molecule has 5 nitrogen and oxygen atoms in total. The van der Waals surface area contributed by atoms with E-state index in [0.29, 0.717) is 19.5 Å². The minimum Gasteiger partial charge on any atom is -0.396 e. The molecule has 1 atom stereocenters. The van der Waals surface area contributed by atoms with Gasteiger partial charge in [-0.05, 0) is 17.5 Å². The Morgan fingerprint density at radius 2 is 1.59 bits per heavy atom. The SMILES string of the molecule is CC(C)C(=O)N(Cc1ccccc1)C(C(=O)NCCCO)c1ccccc1. The third-order valence-corrected chi connectivity index (χ3v) is 4.28. The van der Waals surface area contributed by atoms with Crippen molar-refractivity contribution in [2.24, 2.45) is 5.92 Å². The highest BCUT2D eigenvalue weighted by atomic mass is 16.3. The molecule has 0 saturated carbocycles. The van der Waals surface area contributed by atoms with Crippen LogP contribution in [-0.4, -0.2) is 35.0 Å². The van der Waals surface area contributed by atoms with Crippen LogP contribution in [0.5, 0.6) is 0 Å². The van der Waals surface area contributed by atoms with Gasteiger partial charge in [-0.15, -0.1) is 0 Å². The van der Waals surface area contributed by atoms with Gasteiger partial charge in [-0.3, -0.25) is 9.59 Å². The van der Waals surface area contributed by atoms with Crippen LogP contribution in [0.25, 0.3) is 0 Å². The number of benzene rings is 2. The Hall–Kier alpha value is -2.66. The Morgan fingerprint density at radius 1 is 1.00 bits per heavy atom. The second-order valence-electron chi connectivity index (χ2n) is 6.79. The van der Waals surface area contributed by atoms with E-state index in [2.05, 4.69) is 5.32 Å². The lowest BCUT2D eigenvalue weighted by molar-refractivity contribution is -0.144. The van der Waals surface area contributed by atoms with Gasteiger partial charge >= 0.3 is 0 Å². The molecule has 0 radical (unpaired) electrons. The second-order valence-corrected chi connectivity index (χ2v) is 6.79. The maximum absolute atomic E-state index is 13.0. The van der Waals surface area contributed by atoms with Crippen molar-refractivity contribution in [3.05, 3.63) is 71.8 Å². The average molecular weight is 368 g/mol. The first-order valence-electron chi connectivity index (χ1n) is 9.32. The number of amides is 2. The molecule has 0 spiro atoms. The lowest BCUT2D eigenvalue weighted by Crippen LogP contribution is -2.45. The molecule has 144 valence electrons. The van der Waals surface area contributed by atoms with E-state index in [1.54, 1.807) is 4.90 Å². The van der Waals surface area contributed by atoms with Crippen LogP contribution in [0, 0.1) is 5.92 Å². The van der Waals surface area contributed by atoms with Crippen molar-refractivity contribution in [3.63, 3.8) is 0 Å². The van der Waals surface area contributed by atoms with Crippen molar-refractivity contribution in [2.45, 2.75) is 32.9 Å². The molecule has 0 aliphatic carbocycles. The molecule has 0 aliphatic heterocycles. The molecule has 0 aromatic heterocycles. The van der Waals surface area contributed by atoms with Crippen LogP contribution in [0.15, 0.2) is 60.7 Å². The molecule has 0 fully saturated rings. The molecule has 0 bridgehead atoms. The van der Waals surface area contributed by atoms with Crippen LogP contribution in [0.4, 0.5) is 0 Å². The van der Waals surface area contributed by atoms with Crippen LogP contribution in [0.3, 0.4) is 0 Å². The first-order chi connectivity index (χ1) is 13.0. The van der Waals surface area contributed by atoms with E-state index in [1.165, 1.54) is 0 Å². The summed E-state index contributed by atoms with van der Waals surface area (Å²) in [5.74, 6) is -0.547. The maximum Gasteiger partial charge on any atom is 0.247 e. The molecule has 5 heteroatoms. The molecular weight excluding hydrogens is 340 g/mol. The quantitative estimate of drug-likeness (QED) is 0.669. The number of carbonyl (C=O) groups is 2. The molecule has 1 unspecified atom stereocenters. The summed E-state index contributed by atoms with van der Waals surface area (Å²) >= 11 is 0. The highest BCUT2D eigenvalue weighted by molar-refractivity contribution is 5.89. The highest BCUT2D eigenvalue weighted by Gasteiger charge is 2.32. The van der Waals surface area contributed by atoms with Gasteiger partial charge in [0.15, 0.2) is 0 Å². The number of aliphatic hydroxyl groups is 1. The van der Waals surface area contributed by atoms with E-state index >= 15 is 0 Å². The Bertz CT molecular complexity index is 717. The maximum atomic E-state index is 13.0. The lowest BCUT2D eigenvalue weighted by Gasteiger charge is -2.33. The second kappa shape index (κ2) is 10.5. The molecule has 27 heavy (non-hydrogen) atoms. The average Bonchev–Trinajstić information content (AvgIpc) is 2.68. The number of aliphatic hydroxyl groups excluding tert-OH is 1. The normalized spacial score (nSPS) is 11.9. The number of rotatable bonds is 9. The highest BCUT2D eigenvalue weighted by Crippen LogP contribution is 2.25. The van der Waals surface area contributed by atoms with E-state index in [0.717, 1.165) is 11.1 Å². The predicted molar refractivity (Wildman–Crippen MR) is 106 cm³/mol. The van der Waals surface area contributed by atoms with Crippen LogP contribution in [-0.2, 0) is 16.1 Å². The van der Waals surface area contributed by atoms with Crippen LogP contribution >= 0.6 is 0 Å². The first kappa shape index (κ1) is 20.6. The number of nitrogens with zero attached hydrogens (tertiary/aromatic N) is 1. The van der Waals surface area contributed by atoms with E-state index in [-0.39, 0.29) is 24.3 Å². The first-order valence-corrected chi connectivity index (χ1v) is 9.32. The summed E-state index contributed by atoms with van der Waals surface area (Å²) < 4.78 is 0. The standard InChI is InChI=1S/C22H28N2O3/c1-17(2)22(27)24(16-18-10-5-3-6-11-18)20(19-12-7-4-8-13-19)21(26)23-14-9-15-25/h3-8,10-13,17,20,25H,9,14-16H2,1-2H3,(H,23,26). The summed E-state index contributed by atoms with van der Waals surface area (Å²) in [4.78, 5) is 27.6. The fraction of sp³-hybridized carbons (Fsp3) is 0.364. The molecule has 2 aromatic rings. The Balaban J connectivity index is 2.38. The van der Waals surface area contributed by atoms with Gasteiger partial charge in [0.25, 0.3) is 0 Å². The fourth-order valence-corrected chi connectivity index (χ4v) is 2.90. The van der Waals surface area contributed by atoms with Crippen molar-refractivity contribution >= 4 is 11.8 Å². The van der Waals surface area contributed by atoms with Crippen LogP contribution in [0.1, 0.15) is 37.4 Å². The van der Waals surface area contributed by atoms with Crippen molar-refractivity contribution in [2.75, 3.05) is 13.2 Å². The Labute approximate surface area is 161 Å². The Morgan fingerprint density at radius 3 is 2.15 bits per heavy atom. The number of carbonyl (C=O) groups excluding carboxylic acids is 2. The summed E-state index contributed by atoms with van der Waals surface area (Å²) in [6.07, 6.45) is 0.476. The third-order valence-electron chi connectivity index (χ3n) is 4.28. The van der Waals surface area contributed by atoms with Gasteiger partial charge in [-0.25, -0.2) is 0 Å². The fourth-order valence-electron chi connectivity index (χ4n) is 2.90. The van der Waals surface area contributed by atoms with Gasteiger partial charge in [0.2, 0.25) is 11.8 Å². The van der Waals surface area contributed by atoms with E-state index in [9.17, 15) is 9.59 Å². The zero-order valence-corrected chi connectivity index (χ0v) is 16.0. The summed E-state index contributed by atoms with van der Waals surface area (Å²) in [5, 5.41) is 11.8. The molecule has 2 amide bonds. The molecule has 2 rings (SSSR count). The van der Waals surface area contributed by atoms with Gasteiger partial charge in [-0.2, -0.15) is 0 Å². The lowest BCUT2D eigenvalue weighted by atomic mass is 10.0. The van der Waals surface area contributed by atoms with Crippen molar-refractivity contribution in [1.82, 2.24) is 10.2 Å². The summed E-state index contributed by atoms with van der Waals surface area (Å²) in [6, 6.07) is 18.3. The van der Waals surface area contributed by atoms with Crippen LogP contribution < -0.4 is 5.32 Å². The topological polar surface area (TPSA) is 69.6 Å². The third kappa shape index (κ3) is 5.93.